The molecule has 1 unspecified atom stereocenters. The van der Waals surface area contributed by atoms with Crippen molar-refractivity contribution in [2.75, 3.05) is 20.6 Å². The molecule has 5 nitrogen and oxygen atoms in total. The number of carbonyl (C=O) groups is 1. The fraction of sp³-hybridized carbons (Fsp3) is 0.412. The molecule has 0 radical (unpaired) electrons. The molecule has 1 amide bonds. The van der Waals surface area contributed by atoms with E-state index in [4.69, 9.17) is 0 Å². The minimum absolute atomic E-state index is 0.0797. The molecule has 23 heavy (non-hydrogen) atoms. The molecule has 0 aliphatic rings. The SMILES string of the molecule is Cc1nccn1CCCNC(=O)C(c1ccc(F)cc1)N(C)C. The van der Waals surface area contributed by atoms with Gasteiger partial charge in [0, 0.05) is 25.5 Å². The van der Waals surface area contributed by atoms with Gasteiger partial charge in [0.2, 0.25) is 5.91 Å². The molecule has 0 bridgehead atoms. The molecule has 1 N–H and O–H groups in total. The molecule has 0 aliphatic carbocycles. The number of amides is 1. The number of imidazole rings is 1. The minimum atomic E-state index is -0.425. The maximum absolute atomic E-state index is 13.0. The Morgan fingerprint density at radius 3 is 2.61 bits per heavy atom. The number of hydrogen-bond donors (Lipinski definition) is 1. The molecule has 0 spiro atoms. The van der Waals surface area contributed by atoms with Crippen LogP contribution in [0.4, 0.5) is 4.39 Å². The number of benzene rings is 1. The van der Waals surface area contributed by atoms with E-state index in [1.807, 2.05) is 32.1 Å². The summed E-state index contributed by atoms with van der Waals surface area (Å²) in [5.74, 6) is 0.583. The van der Waals surface area contributed by atoms with Crippen LogP contribution in [-0.2, 0) is 11.3 Å². The van der Waals surface area contributed by atoms with E-state index in [0.717, 1.165) is 24.4 Å². The van der Waals surface area contributed by atoms with Crippen LogP contribution in [0.2, 0.25) is 0 Å². The van der Waals surface area contributed by atoms with E-state index >= 15 is 0 Å². The highest BCUT2D eigenvalue weighted by molar-refractivity contribution is 5.83. The number of halogens is 1. The summed E-state index contributed by atoms with van der Waals surface area (Å²) in [5.41, 5.74) is 0.777. The summed E-state index contributed by atoms with van der Waals surface area (Å²) < 4.78 is 15.1. The summed E-state index contributed by atoms with van der Waals surface area (Å²) in [5, 5.41) is 2.95. The van der Waals surface area contributed by atoms with Gasteiger partial charge in [-0.2, -0.15) is 0 Å². The highest BCUT2D eigenvalue weighted by Crippen LogP contribution is 2.18. The van der Waals surface area contributed by atoms with Crippen molar-refractivity contribution in [2.45, 2.75) is 25.9 Å². The topological polar surface area (TPSA) is 50.2 Å². The summed E-state index contributed by atoms with van der Waals surface area (Å²) in [6.07, 6.45) is 4.52. The van der Waals surface area contributed by atoms with Gasteiger partial charge in [-0.15, -0.1) is 0 Å². The highest BCUT2D eigenvalue weighted by Gasteiger charge is 2.22. The van der Waals surface area contributed by atoms with Crippen molar-refractivity contribution in [3.05, 3.63) is 53.9 Å². The molecule has 0 saturated carbocycles. The normalized spacial score (nSPS) is 12.4. The third-order valence-corrected chi connectivity index (χ3v) is 3.75. The Bertz CT molecular complexity index is 636. The molecule has 1 heterocycles. The van der Waals surface area contributed by atoms with Crippen molar-refractivity contribution < 1.29 is 9.18 Å². The number of rotatable bonds is 7. The fourth-order valence-electron chi connectivity index (χ4n) is 2.53. The third-order valence-electron chi connectivity index (χ3n) is 3.75. The second-order valence-corrected chi connectivity index (χ2v) is 5.73. The number of nitrogens with one attached hydrogen (secondary N) is 1. The van der Waals surface area contributed by atoms with Gasteiger partial charge in [0.05, 0.1) is 0 Å². The van der Waals surface area contributed by atoms with Crippen molar-refractivity contribution in [1.29, 1.82) is 0 Å². The van der Waals surface area contributed by atoms with Crippen molar-refractivity contribution >= 4 is 5.91 Å². The number of aryl methyl sites for hydroxylation is 2. The third kappa shape index (κ3) is 4.63. The monoisotopic (exact) mass is 318 g/mol. The van der Waals surface area contributed by atoms with Crippen LogP contribution < -0.4 is 5.32 Å². The summed E-state index contributed by atoms with van der Waals surface area (Å²) in [4.78, 5) is 18.4. The number of aromatic nitrogens is 2. The number of nitrogens with zero attached hydrogens (tertiary/aromatic N) is 3. The van der Waals surface area contributed by atoms with Gasteiger partial charge < -0.3 is 9.88 Å². The Kier molecular flexibility index (Phi) is 5.87. The first-order valence-corrected chi connectivity index (χ1v) is 7.66. The van der Waals surface area contributed by atoms with Crippen LogP contribution in [0, 0.1) is 12.7 Å². The van der Waals surface area contributed by atoms with Crippen LogP contribution in [0.25, 0.3) is 0 Å². The zero-order valence-corrected chi connectivity index (χ0v) is 13.8. The van der Waals surface area contributed by atoms with Gasteiger partial charge in [-0.25, -0.2) is 9.37 Å². The first-order chi connectivity index (χ1) is 11.0. The van der Waals surface area contributed by atoms with Crippen molar-refractivity contribution in [3.8, 4) is 0 Å². The summed E-state index contributed by atoms with van der Waals surface area (Å²) >= 11 is 0. The fourth-order valence-corrected chi connectivity index (χ4v) is 2.53. The first-order valence-electron chi connectivity index (χ1n) is 7.66. The zero-order chi connectivity index (χ0) is 16.8. The van der Waals surface area contributed by atoms with Crippen LogP contribution >= 0.6 is 0 Å². The van der Waals surface area contributed by atoms with E-state index in [1.165, 1.54) is 12.1 Å². The Labute approximate surface area is 136 Å². The van der Waals surface area contributed by atoms with E-state index in [-0.39, 0.29) is 11.7 Å². The molecule has 1 aromatic heterocycles. The largest absolute Gasteiger partial charge is 0.354 e. The lowest BCUT2D eigenvalue weighted by atomic mass is 10.1. The summed E-state index contributed by atoms with van der Waals surface area (Å²) in [6, 6.07) is 5.62. The molecule has 1 atom stereocenters. The predicted molar refractivity (Wildman–Crippen MR) is 87.4 cm³/mol. The molecule has 2 aromatic rings. The van der Waals surface area contributed by atoms with Crippen LogP contribution in [0.5, 0.6) is 0 Å². The van der Waals surface area contributed by atoms with E-state index in [9.17, 15) is 9.18 Å². The minimum Gasteiger partial charge on any atom is -0.354 e. The Hall–Kier alpha value is -2.21. The Morgan fingerprint density at radius 2 is 2.04 bits per heavy atom. The van der Waals surface area contributed by atoms with Gasteiger partial charge >= 0.3 is 0 Å². The van der Waals surface area contributed by atoms with Gasteiger partial charge in [0.15, 0.2) is 0 Å². The number of carbonyl (C=O) groups excluding carboxylic acids is 1. The Morgan fingerprint density at radius 1 is 1.35 bits per heavy atom. The van der Waals surface area contributed by atoms with Crippen molar-refractivity contribution in [2.24, 2.45) is 0 Å². The summed E-state index contributed by atoms with van der Waals surface area (Å²) in [6.45, 7) is 3.35. The van der Waals surface area contributed by atoms with Crippen LogP contribution in [-0.4, -0.2) is 41.0 Å². The maximum Gasteiger partial charge on any atom is 0.241 e. The average Bonchev–Trinajstić information content (AvgIpc) is 2.91. The molecule has 0 fully saturated rings. The number of hydrogen-bond acceptors (Lipinski definition) is 3. The molecule has 2 rings (SSSR count). The maximum atomic E-state index is 13.0. The quantitative estimate of drug-likeness (QED) is 0.796. The van der Waals surface area contributed by atoms with Crippen LogP contribution in [0.1, 0.15) is 23.9 Å². The van der Waals surface area contributed by atoms with E-state index in [2.05, 4.69) is 14.9 Å². The first kappa shape index (κ1) is 17.1. The lowest BCUT2D eigenvalue weighted by Crippen LogP contribution is -2.37. The van der Waals surface area contributed by atoms with Gasteiger partial charge in [0.1, 0.15) is 17.7 Å². The van der Waals surface area contributed by atoms with Crippen molar-refractivity contribution in [1.82, 2.24) is 19.8 Å². The smallest absolute Gasteiger partial charge is 0.241 e. The average molecular weight is 318 g/mol. The molecular formula is C17H23FN4O. The standard InChI is InChI=1S/C17H23FN4O/c1-13-19-10-12-22(13)11-4-9-20-17(23)16(21(2)3)14-5-7-15(18)8-6-14/h5-8,10,12,16H,4,9,11H2,1-3H3,(H,20,23). The molecule has 1 aromatic carbocycles. The second-order valence-electron chi connectivity index (χ2n) is 5.73. The lowest BCUT2D eigenvalue weighted by molar-refractivity contribution is -0.125. The lowest BCUT2D eigenvalue weighted by Gasteiger charge is -2.24. The highest BCUT2D eigenvalue weighted by atomic mass is 19.1. The zero-order valence-electron chi connectivity index (χ0n) is 13.8. The van der Waals surface area contributed by atoms with Gasteiger partial charge in [-0.05, 0) is 45.1 Å². The molecule has 0 aliphatic heterocycles. The van der Waals surface area contributed by atoms with Gasteiger partial charge in [0.25, 0.3) is 0 Å². The molecule has 6 heteroatoms. The van der Waals surface area contributed by atoms with Gasteiger partial charge in [-0.1, -0.05) is 12.1 Å². The molecule has 124 valence electrons. The predicted octanol–water partition coefficient (Wildman–Crippen LogP) is 2.14. The van der Waals surface area contributed by atoms with Crippen molar-refractivity contribution in [3.63, 3.8) is 0 Å². The van der Waals surface area contributed by atoms with E-state index in [0.29, 0.717) is 6.54 Å². The molecular weight excluding hydrogens is 295 g/mol. The van der Waals surface area contributed by atoms with Crippen LogP contribution in [0.3, 0.4) is 0 Å². The molecule has 0 saturated heterocycles. The van der Waals surface area contributed by atoms with Crippen LogP contribution in [0.15, 0.2) is 36.7 Å². The Balaban J connectivity index is 1.89. The van der Waals surface area contributed by atoms with E-state index < -0.39 is 6.04 Å². The number of likely N-dealkylation sites (N-methyl/N-ethyl adjacent to an activating group) is 1. The second kappa shape index (κ2) is 7.87. The van der Waals surface area contributed by atoms with E-state index in [1.54, 1.807) is 18.3 Å². The summed E-state index contributed by atoms with van der Waals surface area (Å²) in [7, 11) is 3.67. The van der Waals surface area contributed by atoms with Gasteiger partial charge in [-0.3, -0.25) is 9.69 Å².